The van der Waals surface area contributed by atoms with Crippen LogP contribution < -0.4 is 10.9 Å². The van der Waals surface area contributed by atoms with E-state index in [1.54, 1.807) is 12.1 Å². The third-order valence-electron chi connectivity index (χ3n) is 5.92. The first-order valence-corrected chi connectivity index (χ1v) is 13.5. The molecule has 0 saturated heterocycles. The number of nitrogens with one attached hydrogen (secondary N) is 1. The fourth-order valence-electron chi connectivity index (χ4n) is 4.17. The van der Waals surface area contributed by atoms with Crippen LogP contribution in [0.25, 0.3) is 4.96 Å². The van der Waals surface area contributed by atoms with E-state index in [9.17, 15) is 14.4 Å². The maximum atomic E-state index is 12.8. The zero-order valence-corrected chi connectivity index (χ0v) is 20.9. The molecule has 9 heteroatoms. The topological polar surface area (TPSA) is 89.8 Å². The number of hydrogen-bond acceptors (Lipinski definition) is 7. The van der Waals surface area contributed by atoms with Gasteiger partial charge in [0.1, 0.15) is 6.61 Å². The average molecular weight is 500 g/mol. The molecule has 4 rings (SSSR count). The lowest BCUT2D eigenvalue weighted by Crippen LogP contribution is -2.36. The van der Waals surface area contributed by atoms with Gasteiger partial charge in [-0.15, -0.1) is 23.1 Å². The zero-order chi connectivity index (χ0) is 23.9. The van der Waals surface area contributed by atoms with Crippen LogP contribution in [0.5, 0.6) is 0 Å². The molecule has 1 amide bonds. The minimum absolute atomic E-state index is 0.0111. The second-order valence-electron chi connectivity index (χ2n) is 8.55. The van der Waals surface area contributed by atoms with E-state index in [4.69, 9.17) is 4.74 Å². The average Bonchev–Trinajstić information content (AvgIpc) is 3.19. The monoisotopic (exact) mass is 499 g/mol. The third-order valence-corrected chi connectivity index (χ3v) is 7.93. The molecule has 2 heterocycles. The van der Waals surface area contributed by atoms with E-state index >= 15 is 0 Å². The Morgan fingerprint density at radius 3 is 2.71 bits per heavy atom. The van der Waals surface area contributed by atoms with Gasteiger partial charge in [0.05, 0.1) is 17.0 Å². The van der Waals surface area contributed by atoms with Crippen LogP contribution in [-0.4, -0.2) is 33.1 Å². The van der Waals surface area contributed by atoms with Gasteiger partial charge in [0.2, 0.25) is 5.91 Å². The summed E-state index contributed by atoms with van der Waals surface area (Å²) >= 11 is 2.70. The first-order valence-electron chi connectivity index (χ1n) is 11.7. The van der Waals surface area contributed by atoms with Crippen molar-refractivity contribution in [1.82, 2.24) is 14.7 Å². The van der Waals surface area contributed by atoms with Crippen LogP contribution >= 0.6 is 23.1 Å². The van der Waals surface area contributed by atoms with Crippen molar-refractivity contribution in [3.05, 3.63) is 63.0 Å². The number of carbonyl (C=O) groups is 2. The van der Waals surface area contributed by atoms with Gasteiger partial charge in [0, 0.05) is 28.1 Å². The van der Waals surface area contributed by atoms with Gasteiger partial charge in [0.15, 0.2) is 4.96 Å². The van der Waals surface area contributed by atoms with E-state index in [0.29, 0.717) is 21.1 Å². The lowest BCUT2D eigenvalue weighted by Gasteiger charge is -2.21. The molecule has 1 aliphatic rings. The first-order chi connectivity index (χ1) is 16.5. The van der Waals surface area contributed by atoms with Crippen LogP contribution in [0, 0.1) is 6.92 Å². The van der Waals surface area contributed by atoms with Gasteiger partial charge in [-0.2, -0.15) is 0 Å². The van der Waals surface area contributed by atoms with E-state index in [1.165, 1.54) is 52.8 Å². The summed E-state index contributed by atoms with van der Waals surface area (Å²) in [5.41, 5.74) is 1.44. The summed E-state index contributed by atoms with van der Waals surface area (Å²) in [7, 11) is 0. The summed E-state index contributed by atoms with van der Waals surface area (Å²) in [5.74, 6) is -0.274. The number of esters is 1. The Balaban J connectivity index is 1.34. The zero-order valence-electron chi connectivity index (χ0n) is 19.2. The van der Waals surface area contributed by atoms with E-state index in [1.807, 2.05) is 24.4 Å². The molecule has 1 fully saturated rings. The lowest BCUT2D eigenvalue weighted by atomic mass is 9.97. The van der Waals surface area contributed by atoms with Crippen LogP contribution in [0.15, 0.2) is 45.4 Å². The largest absolute Gasteiger partial charge is 0.456 e. The number of fused-ring (bicyclic) bond motifs is 1. The number of carbonyl (C=O) groups excluding carboxylic acids is 2. The second kappa shape index (κ2) is 11.7. The highest BCUT2D eigenvalue weighted by Crippen LogP contribution is 2.24. The highest BCUT2D eigenvalue weighted by atomic mass is 32.2. The molecule has 1 saturated carbocycles. The van der Waals surface area contributed by atoms with Gasteiger partial charge in [0.25, 0.3) is 5.56 Å². The van der Waals surface area contributed by atoms with Crippen molar-refractivity contribution in [2.45, 2.75) is 69.4 Å². The molecule has 3 aromatic rings. The van der Waals surface area contributed by atoms with Gasteiger partial charge < -0.3 is 10.1 Å². The molecule has 0 radical (unpaired) electrons. The van der Waals surface area contributed by atoms with Gasteiger partial charge in [-0.05, 0) is 31.9 Å². The first kappa shape index (κ1) is 24.5. The molecule has 0 unspecified atom stereocenters. The van der Waals surface area contributed by atoms with Crippen molar-refractivity contribution in [2.24, 2.45) is 0 Å². The lowest BCUT2D eigenvalue weighted by molar-refractivity contribution is -0.119. The molecule has 2 aromatic heterocycles. The Labute approximate surface area is 206 Å². The Bertz CT molecular complexity index is 1210. The number of thiazole rings is 1. The summed E-state index contributed by atoms with van der Waals surface area (Å²) < 4.78 is 6.99. The minimum atomic E-state index is -0.507. The molecule has 0 aliphatic heterocycles. The fraction of sp³-hybridized carbons (Fsp3) is 0.440. The molecular formula is C25H29N3O4S2. The normalized spacial score (nSPS) is 15.0. The number of nitrogens with zero attached hydrogens (tertiary/aromatic N) is 2. The quantitative estimate of drug-likeness (QED) is 0.373. The second-order valence-corrected chi connectivity index (χ2v) is 10.4. The molecule has 180 valence electrons. The van der Waals surface area contributed by atoms with E-state index < -0.39 is 5.97 Å². The van der Waals surface area contributed by atoms with Crippen LogP contribution in [0.2, 0.25) is 0 Å². The number of amides is 1. The molecule has 0 spiro atoms. The molecule has 1 aliphatic carbocycles. The standard InChI is InChI=1S/C25H29N3O4S2/c1-17-15-34-25-27-19(13-23(30)28(17)25)14-32-24(31)20-11-7-8-12-21(20)33-16-22(29)26-18-9-5-3-2-4-6-10-18/h7-8,11-13,15,18H,2-6,9-10,14,16H2,1H3,(H,26,29). The molecule has 0 atom stereocenters. The van der Waals surface area contributed by atoms with E-state index in [-0.39, 0.29) is 29.9 Å². The Kier molecular flexibility index (Phi) is 8.39. The maximum absolute atomic E-state index is 12.8. The van der Waals surface area contributed by atoms with Crippen LogP contribution in [0.1, 0.15) is 66.7 Å². The summed E-state index contributed by atoms with van der Waals surface area (Å²) in [6.07, 6.45) is 8.16. The number of thioether (sulfide) groups is 1. The number of ether oxygens (including phenoxy) is 1. The fourth-order valence-corrected chi connectivity index (χ4v) is 5.91. The molecule has 34 heavy (non-hydrogen) atoms. The van der Waals surface area contributed by atoms with Gasteiger partial charge in [-0.25, -0.2) is 9.78 Å². The smallest absolute Gasteiger partial charge is 0.339 e. The van der Waals surface area contributed by atoms with E-state index in [0.717, 1.165) is 31.4 Å². The number of hydrogen-bond donors (Lipinski definition) is 1. The summed E-state index contributed by atoms with van der Waals surface area (Å²) in [5, 5.41) is 5.02. The van der Waals surface area contributed by atoms with Gasteiger partial charge in [-0.3, -0.25) is 14.0 Å². The van der Waals surface area contributed by atoms with Crippen molar-refractivity contribution in [1.29, 1.82) is 0 Å². The Hall–Kier alpha value is -2.65. The predicted octanol–water partition coefficient (Wildman–Crippen LogP) is 4.74. The van der Waals surface area contributed by atoms with E-state index in [2.05, 4.69) is 10.3 Å². The van der Waals surface area contributed by atoms with Gasteiger partial charge in [-0.1, -0.05) is 44.2 Å². The van der Waals surface area contributed by atoms with Gasteiger partial charge >= 0.3 is 5.97 Å². The minimum Gasteiger partial charge on any atom is -0.456 e. The van der Waals surface area contributed by atoms with Crippen molar-refractivity contribution >= 4 is 39.9 Å². The third kappa shape index (κ3) is 6.27. The summed E-state index contributed by atoms with van der Waals surface area (Å²) in [4.78, 5) is 43.3. The van der Waals surface area contributed by atoms with Crippen molar-refractivity contribution < 1.29 is 14.3 Å². The molecule has 1 aromatic carbocycles. The van der Waals surface area contributed by atoms with Crippen molar-refractivity contribution in [3.8, 4) is 0 Å². The van der Waals surface area contributed by atoms with Crippen LogP contribution in [0.3, 0.4) is 0 Å². The number of aryl methyl sites for hydroxylation is 1. The van der Waals surface area contributed by atoms with Crippen molar-refractivity contribution in [3.63, 3.8) is 0 Å². The number of rotatable bonds is 7. The molecule has 7 nitrogen and oxygen atoms in total. The van der Waals surface area contributed by atoms with Crippen molar-refractivity contribution in [2.75, 3.05) is 5.75 Å². The van der Waals surface area contributed by atoms with Crippen LogP contribution in [-0.2, 0) is 16.1 Å². The number of benzene rings is 1. The Morgan fingerprint density at radius 1 is 1.18 bits per heavy atom. The highest BCUT2D eigenvalue weighted by molar-refractivity contribution is 8.00. The maximum Gasteiger partial charge on any atom is 0.339 e. The highest BCUT2D eigenvalue weighted by Gasteiger charge is 2.17. The molecular weight excluding hydrogens is 470 g/mol. The SMILES string of the molecule is Cc1csc2nc(COC(=O)c3ccccc3SCC(=O)NC3CCCCCCC3)cc(=O)n12. The number of aromatic nitrogens is 2. The van der Waals surface area contributed by atoms with Crippen LogP contribution in [0.4, 0.5) is 0 Å². The molecule has 0 bridgehead atoms. The predicted molar refractivity (Wildman–Crippen MR) is 135 cm³/mol. The summed E-state index contributed by atoms with van der Waals surface area (Å²) in [6.45, 7) is 1.75. The Morgan fingerprint density at radius 2 is 1.91 bits per heavy atom. The molecule has 1 N–H and O–H groups in total. The summed E-state index contributed by atoms with van der Waals surface area (Å²) in [6, 6.07) is 8.73.